The van der Waals surface area contributed by atoms with Crippen molar-refractivity contribution in [1.29, 1.82) is 0 Å². The maximum absolute atomic E-state index is 5.72. The molecule has 2 heterocycles. The number of nitrogens with zero attached hydrogens (tertiary/aromatic N) is 5. The molecule has 4 rings (SSSR count). The first-order chi connectivity index (χ1) is 15.7. The summed E-state index contributed by atoms with van der Waals surface area (Å²) < 4.78 is 18.5. The van der Waals surface area contributed by atoms with Crippen molar-refractivity contribution < 1.29 is 14.2 Å². The Morgan fingerprint density at radius 2 is 1.81 bits per heavy atom. The van der Waals surface area contributed by atoms with Gasteiger partial charge in [0.15, 0.2) is 11.5 Å². The molecule has 8 nitrogen and oxygen atoms in total. The van der Waals surface area contributed by atoms with Crippen molar-refractivity contribution in [3.05, 3.63) is 53.5 Å². The SMILES string of the molecule is CCOc1ccc(-c2nc(CSc3nnnn3-c3ccccc3OCC)cs2)cc1OC. The van der Waals surface area contributed by atoms with E-state index >= 15 is 0 Å². The molecule has 0 aliphatic rings. The van der Waals surface area contributed by atoms with Gasteiger partial charge >= 0.3 is 0 Å². The number of tetrazole rings is 1. The Morgan fingerprint density at radius 1 is 1.00 bits per heavy atom. The van der Waals surface area contributed by atoms with Gasteiger partial charge in [0.05, 0.1) is 26.0 Å². The quantitative estimate of drug-likeness (QED) is 0.304. The molecule has 0 saturated carbocycles. The van der Waals surface area contributed by atoms with Gasteiger partial charge < -0.3 is 14.2 Å². The number of aromatic nitrogens is 5. The minimum absolute atomic E-state index is 0.569. The van der Waals surface area contributed by atoms with Gasteiger partial charge in [-0.3, -0.25) is 0 Å². The number of para-hydroxylation sites is 2. The second-order valence-corrected chi connectivity index (χ2v) is 8.31. The molecule has 0 amide bonds. The number of hydrogen-bond donors (Lipinski definition) is 0. The van der Waals surface area contributed by atoms with Gasteiger partial charge in [0.25, 0.3) is 0 Å². The summed E-state index contributed by atoms with van der Waals surface area (Å²) in [7, 11) is 1.64. The lowest BCUT2D eigenvalue weighted by Gasteiger charge is -2.10. The Kier molecular flexibility index (Phi) is 7.23. The molecule has 2 aromatic heterocycles. The van der Waals surface area contributed by atoms with E-state index in [0.29, 0.717) is 29.9 Å². The summed E-state index contributed by atoms with van der Waals surface area (Å²) >= 11 is 3.11. The van der Waals surface area contributed by atoms with Gasteiger partial charge in [0, 0.05) is 16.7 Å². The van der Waals surface area contributed by atoms with E-state index in [0.717, 1.165) is 33.5 Å². The molecule has 32 heavy (non-hydrogen) atoms. The van der Waals surface area contributed by atoms with Crippen LogP contribution in [0.15, 0.2) is 53.0 Å². The van der Waals surface area contributed by atoms with Crippen LogP contribution in [0.4, 0.5) is 0 Å². The Morgan fingerprint density at radius 3 is 2.62 bits per heavy atom. The fraction of sp³-hybridized carbons (Fsp3) is 0.273. The van der Waals surface area contributed by atoms with Crippen LogP contribution in [0.2, 0.25) is 0 Å². The van der Waals surface area contributed by atoms with Crippen molar-refractivity contribution in [2.45, 2.75) is 24.8 Å². The molecule has 0 radical (unpaired) electrons. The molecule has 0 bridgehead atoms. The van der Waals surface area contributed by atoms with Gasteiger partial charge in [-0.2, -0.15) is 4.68 Å². The molecule has 4 aromatic rings. The number of hydrogen-bond acceptors (Lipinski definition) is 9. The molecule has 0 saturated heterocycles. The van der Waals surface area contributed by atoms with Crippen molar-refractivity contribution in [2.24, 2.45) is 0 Å². The van der Waals surface area contributed by atoms with Crippen LogP contribution >= 0.6 is 23.1 Å². The Labute approximate surface area is 194 Å². The van der Waals surface area contributed by atoms with E-state index in [-0.39, 0.29) is 0 Å². The normalized spacial score (nSPS) is 10.8. The van der Waals surface area contributed by atoms with Crippen LogP contribution in [-0.2, 0) is 5.75 Å². The highest BCUT2D eigenvalue weighted by atomic mass is 32.2. The molecule has 0 N–H and O–H groups in total. The topological polar surface area (TPSA) is 84.2 Å². The number of rotatable bonds is 10. The van der Waals surface area contributed by atoms with Crippen molar-refractivity contribution in [2.75, 3.05) is 20.3 Å². The molecule has 0 fully saturated rings. The first-order valence-corrected chi connectivity index (χ1v) is 12.0. The lowest BCUT2D eigenvalue weighted by atomic mass is 10.2. The van der Waals surface area contributed by atoms with Crippen molar-refractivity contribution in [1.82, 2.24) is 25.2 Å². The first kappa shape index (κ1) is 22.1. The Hall–Kier alpha value is -3.11. The zero-order chi connectivity index (χ0) is 22.3. The van der Waals surface area contributed by atoms with E-state index in [9.17, 15) is 0 Å². The van der Waals surface area contributed by atoms with Crippen LogP contribution in [0.25, 0.3) is 16.3 Å². The van der Waals surface area contributed by atoms with Crippen molar-refractivity contribution >= 4 is 23.1 Å². The zero-order valence-corrected chi connectivity index (χ0v) is 19.7. The summed E-state index contributed by atoms with van der Waals surface area (Å²) in [6, 6.07) is 13.6. The summed E-state index contributed by atoms with van der Waals surface area (Å²) in [5.74, 6) is 2.80. The molecule has 166 valence electrons. The summed E-state index contributed by atoms with van der Waals surface area (Å²) in [6.45, 7) is 5.05. The fourth-order valence-corrected chi connectivity index (χ4v) is 4.75. The Balaban J connectivity index is 1.49. The molecule has 10 heteroatoms. The van der Waals surface area contributed by atoms with Gasteiger partial charge in [-0.1, -0.05) is 23.9 Å². The third-order valence-corrected chi connectivity index (χ3v) is 6.34. The average molecular weight is 470 g/mol. The summed E-state index contributed by atoms with van der Waals surface area (Å²) in [6.07, 6.45) is 0. The van der Waals surface area contributed by atoms with Crippen molar-refractivity contribution in [3.63, 3.8) is 0 Å². The smallest absolute Gasteiger partial charge is 0.214 e. The molecule has 2 aromatic carbocycles. The number of benzene rings is 2. The molecule has 0 atom stereocenters. The second kappa shape index (κ2) is 10.5. The van der Waals surface area contributed by atoms with E-state index in [4.69, 9.17) is 19.2 Å². The Bertz CT molecular complexity index is 1180. The molecular weight excluding hydrogens is 446 g/mol. The average Bonchev–Trinajstić information content (AvgIpc) is 3.48. The third kappa shape index (κ3) is 4.86. The number of ether oxygens (including phenoxy) is 3. The molecule has 0 spiro atoms. The summed E-state index contributed by atoms with van der Waals surface area (Å²) in [4.78, 5) is 4.78. The lowest BCUT2D eigenvalue weighted by molar-refractivity contribution is 0.311. The molecule has 0 aliphatic carbocycles. The largest absolute Gasteiger partial charge is 0.493 e. The monoisotopic (exact) mass is 469 g/mol. The predicted octanol–water partition coefficient (Wildman–Crippen LogP) is 4.88. The van der Waals surface area contributed by atoms with E-state index < -0.39 is 0 Å². The molecule has 0 aliphatic heterocycles. The maximum Gasteiger partial charge on any atom is 0.214 e. The van der Waals surface area contributed by atoms with E-state index in [2.05, 4.69) is 15.5 Å². The highest BCUT2D eigenvalue weighted by Crippen LogP contribution is 2.35. The van der Waals surface area contributed by atoms with Crippen LogP contribution in [0.1, 0.15) is 19.5 Å². The zero-order valence-electron chi connectivity index (χ0n) is 18.0. The van der Waals surface area contributed by atoms with Gasteiger partial charge in [0.1, 0.15) is 16.4 Å². The van der Waals surface area contributed by atoms with Crippen LogP contribution in [0.5, 0.6) is 17.2 Å². The van der Waals surface area contributed by atoms with E-state index in [1.807, 2.05) is 61.7 Å². The number of methoxy groups -OCH3 is 1. The predicted molar refractivity (Wildman–Crippen MR) is 125 cm³/mol. The van der Waals surface area contributed by atoms with Gasteiger partial charge in [0.2, 0.25) is 5.16 Å². The van der Waals surface area contributed by atoms with E-state index in [1.54, 1.807) is 23.1 Å². The fourth-order valence-electron chi connectivity index (χ4n) is 3.05. The summed E-state index contributed by atoms with van der Waals surface area (Å²) in [5.41, 5.74) is 2.75. The van der Waals surface area contributed by atoms with Gasteiger partial charge in [-0.05, 0) is 54.6 Å². The van der Waals surface area contributed by atoms with Gasteiger partial charge in [-0.25, -0.2) is 4.98 Å². The summed E-state index contributed by atoms with van der Waals surface area (Å²) in [5, 5.41) is 15.8. The lowest BCUT2D eigenvalue weighted by Crippen LogP contribution is -2.03. The second-order valence-electron chi connectivity index (χ2n) is 6.51. The minimum atomic E-state index is 0.569. The van der Waals surface area contributed by atoms with Crippen LogP contribution in [0.3, 0.4) is 0 Å². The van der Waals surface area contributed by atoms with Crippen LogP contribution in [-0.4, -0.2) is 45.5 Å². The number of thiazole rings is 1. The number of thioether (sulfide) groups is 1. The van der Waals surface area contributed by atoms with Crippen molar-refractivity contribution in [3.8, 4) is 33.5 Å². The highest BCUT2D eigenvalue weighted by Gasteiger charge is 2.15. The van der Waals surface area contributed by atoms with Crippen LogP contribution in [0, 0.1) is 0 Å². The standard InChI is InChI=1S/C22H23N5O3S2/c1-4-29-18-9-7-6-8-17(18)27-22(24-25-26-27)32-14-16-13-31-21(23-16)15-10-11-19(30-5-2)20(12-15)28-3/h6-13H,4-5,14H2,1-3H3. The first-order valence-electron chi connectivity index (χ1n) is 10.1. The minimum Gasteiger partial charge on any atom is -0.493 e. The van der Waals surface area contributed by atoms with Gasteiger partial charge in [-0.15, -0.1) is 16.4 Å². The third-order valence-electron chi connectivity index (χ3n) is 4.45. The van der Waals surface area contributed by atoms with E-state index in [1.165, 1.54) is 11.8 Å². The highest BCUT2D eigenvalue weighted by molar-refractivity contribution is 7.98. The molecule has 0 unspecified atom stereocenters. The maximum atomic E-state index is 5.72. The van der Waals surface area contributed by atoms with Crippen LogP contribution < -0.4 is 14.2 Å². The molecular formula is C22H23N5O3S2.